The van der Waals surface area contributed by atoms with E-state index in [9.17, 15) is 14.4 Å². The van der Waals surface area contributed by atoms with Crippen LogP contribution in [0.1, 0.15) is 20.0 Å². The van der Waals surface area contributed by atoms with Gasteiger partial charge in [-0.25, -0.2) is 0 Å². The summed E-state index contributed by atoms with van der Waals surface area (Å²) in [5.41, 5.74) is 1.20. The molecule has 0 fully saturated rings. The first-order chi connectivity index (χ1) is 8.66. The van der Waals surface area contributed by atoms with Gasteiger partial charge in [0.25, 0.3) is 17.6 Å². The normalized spacial score (nSPS) is 14.3. The van der Waals surface area contributed by atoms with Gasteiger partial charge in [-0.2, -0.15) is 0 Å². The van der Waals surface area contributed by atoms with Gasteiger partial charge in [-0.15, -0.1) is 11.3 Å². The molecule has 0 radical (unpaired) electrons. The summed E-state index contributed by atoms with van der Waals surface area (Å²) in [6.45, 7) is 0. The van der Waals surface area contributed by atoms with Crippen LogP contribution in [0.15, 0.2) is 36.4 Å². The van der Waals surface area contributed by atoms with Crippen LogP contribution in [-0.2, 0) is 4.79 Å². The maximum Gasteiger partial charge on any atom is 0.300 e. The van der Waals surface area contributed by atoms with Gasteiger partial charge in [0.2, 0.25) is 0 Å². The SMILES string of the molecule is O=C1NC(=O)c2cc(-c3ccccc3)sc2C1=O. The van der Waals surface area contributed by atoms with E-state index in [0.29, 0.717) is 0 Å². The lowest BCUT2D eigenvalue weighted by Gasteiger charge is -2.08. The van der Waals surface area contributed by atoms with E-state index >= 15 is 0 Å². The van der Waals surface area contributed by atoms with Crippen LogP contribution in [0.3, 0.4) is 0 Å². The number of thiophene rings is 1. The number of benzene rings is 1. The number of carbonyl (C=O) groups excluding carboxylic acids is 3. The molecule has 1 aromatic carbocycles. The van der Waals surface area contributed by atoms with Gasteiger partial charge in [-0.3, -0.25) is 19.7 Å². The molecule has 0 saturated carbocycles. The highest BCUT2D eigenvalue weighted by molar-refractivity contribution is 7.18. The highest BCUT2D eigenvalue weighted by Gasteiger charge is 2.32. The van der Waals surface area contributed by atoms with Crippen molar-refractivity contribution in [2.75, 3.05) is 0 Å². The number of rotatable bonds is 1. The minimum atomic E-state index is -0.853. The quantitative estimate of drug-likeness (QED) is 0.626. The Bertz CT molecular complexity index is 673. The predicted octanol–water partition coefficient (Wildman–Crippen LogP) is 1.87. The zero-order valence-corrected chi connectivity index (χ0v) is 9.91. The molecular weight excluding hydrogens is 250 g/mol. The Morgan fingerprint density at radius 3 is 2.39 bits per heavy atom. The second-order valence-corrected chi connectivity index (χ2v) is 4.88. The number of ketones is 1. The van der Waals surface area contributed by atoms with Crippen LogP contribution in [0.2, 0.25) is 0 Å². The maximum absolute atomic E-state index is 11.7. The molecule has 4 nitrogen and oxygen atoms in total. The van der Waals surface area contributed by atoms with Crippen molar-refractivity contribution in [1.29, 1.82) is 0 Å². The maximum atomic E-state index is 11.7. The molecule has 1 aliphatic heterocycles. The van der Waals surface area contributed by atoms with Crippen LogP contribution < -0.4 is 5.32 Å². The Labute approximate surface area is 106 Å². The predicted molar refractivity (Wildman–Crippen MR) is 66.6 cm³/mol. The first-order valence-corrected chi connectivity index (χ1v) is 6.08. The van der Waals surface area contributed by atoms with Gasteiger partial charge >= 0.3 is 0 Å². The van der Waals surface area contributed by atoms with Gasteiger partial charge in [-0.1, -0.05) is 30.3 Å². The minimum Gasteiger partial charge on any atom is -0.285 e. The highest BCUT2D eigenvalue weighted by Crippen LogP contribution is 2.33. The lowest BCUT2D eigenvalue weighted by atomic mass is 10.1. The number of carbonyl (C=O) groups is 3. The van der Waals surface area contributed by atoms with Crippen molar-refractivity contribution in [2.24, 2.45) is 0 Å². The highest BCUT2D eigenvalue weighted by atomic mass is 32.1. The standard InChI is InChI=1S/C13H7NO3S/c15-10-11-8(12(16)14-13(10)17)6-9(18-11)7-4-2-1-3-5-7/h1-6H,(H,14,16,17). The van der Waals surface area contributed by atoms with Crippen LogP contribution in [0.5, 0.6) is 0 Å². The van der Waals surface area contributed by atoms with E-state index in [-0.39, 0.29) is 10.4 Å². The Hall–Kier alpha value is -2.27. The summed E-state index contributed by atoms with van der Waals surface area (Å²) in [6, 6.07) is 11.1. The molecule has 0 unspecified atom stereocenters. The number of fused-ring (bicyclic) bond motifs is 1. The van der Waals surface area contributed by atoms with Crippen LogP contribution in [0.4, 0.5) is 0 Å². The molecule has 2 aromatic rings. The van der Waals surface area contributed by atoms with Crippen molar-refractivity contribution < 1.29 is 14.4 Å². The van der Waals surface area contributed by atoms with Gasteiger partial charge in [-0.05, 0) is 11.6 Å². The molecule has 0 aliphatic carbocycles. The molecule has 0 bridgehead atoms. The van der Waals surface area contributed by atoms with Gasteiger partial charge < -0.3 is 0 Å². The molecule has 0 saturated heterocycles. The molecule has 0 atom stereocenters. The number of imide groups is 1. The van der Waals surface area contributed by atoms with Crippen molar-refractivity contribution in [1.82, 2.24) is 5.32 Å². The Morgan fingerprint density at radius 2 is 1.67 bits per heavy atom. The molecule has 5 heteroatoms. The van der Waals surface area contributed by atoms with E-state index in [2.05, 4.69) is 0 Å². The average Bonchev–Trinajstić information content (AvgIpc) is 2.83. The van der Waals surface area contributed by atoms with Crippen molar-refractivity contribution in [2.45, 2.75) is 0 Å². The van der Waals surface area contributed by atoms with E-state index in [1.807, 2.05) is 35.6 Å². The van der Waals surface area contributed by atoms with Gasteiger partial charge in [0.05, 0.1) is 10.4 Å². The molecule has 1 aliphatic rings. The van der Waals surface area contributed by atoms with Gasteiger partial charge in [0.1, 0.15) is 0 Å². The summed E-state index contributed by atoms with van der Waals surface area (Å²) in [6.07, 6.45) is 0. The fraction of sp³-hybridized carbons (Fsp3) is 0. The van der Waals surface area contributed by atoms with Crippen LogP contribution in [0, 0.1) is 0 Å². The summed E-state index contributed by atoms with van der Waals surface area (Å²) >= 11 is 1.17. The first kappa shape index (κ1) is 10.9. The Kier molecular flexibility index (Phi) is 2.34. The summed E-state index contributed by atoms with van der Waals surface area (Å²) in [4.78, 5) is 35.5. The summed E-state index contributed by atoms with van der Waals surface area (Å²) in [5.74, 6) is -2.00. The van der Waals surface area contributed by atoms with Crippen molar-refractivity contribution in [3.63, 3.8) is 0 Å². The van der Waals surface area contributed by atoms with Gasteiger partial charge in [0.15, 0.2) is 0 Å². The second kappa shape index (κ2) is 3.89. The molecule has 1 aromatic heterocycles. The molecule has 18 heavy (non-hydrogen) atoms. The number of nitrogens with one attached hydrogen (secondary N) is 1. The largest absolute Gasteiger partial charge is 0.300 e. The lowest BCUT2D eigenvalue weighted by Crippen LogP contribution is -2.41. The molecule has 2 amide bonds. The molecule has 88 valence electrons. The third-order valence-corrected chi connectivity index (χ3v) is 3.86. The monoisotopic (exact) mass is 257 g/mol. The van der Waals surface area contributed by atoms with E-state index in [4.69, 9.17) is 0 Å². The average molecular weight is 257 g/mol. The van der Waals surface area contributed by atoms with E-state index in [1.165, 1.54) is 11.3 Å². The zero-order valence-electron chi connectivity index (χ0n) is 9.10. The molecular formula is C13H7NO3S. The fourth-order valence-corrected chi connectivity index (χ4v) is 2.90. The third-order valence-electron chi connectivity index (χ3n) is 2.67. The third kappa shape index (κ3) is 1.56. The van der Waals surface area contributed by atoms with Crippen molar-refractivity contribution >= 4 is 28.9 Å². The number of hydrogen-bond donors (Lipinski definition) is 1. The molecule has 0 spiro atoms. The molecule has 3 rings (SSSR count). The number of Topliss-reactive ketones (excluding diaryl/α,β-unsaturated/α-hetero) is 1. The molecule has 2 heterocycles. The summed E-state index contributed by atoms with van der Waals surface area (Å²) in [7, 11) is 0. The Morgan fingerprint density at radius 1 is 0.944 bits per heavy atom. The first-order valence-electron chi connectivity index (χ1n) is 5.26. The topological polar surface area (TPSA) is 63.2 Å². The Balaban J connectivity index is 2.16. The van der Waals surface area contributed by atoms with Crippen molar-refractivity contribution in [3.8, 4) is 10.4 Å². The minimum absolute atomic E-state index is 0.225. The fourth-order valence-electron chi connectivity index (χ4n) is 1.80. The number of amides is 2. The van der Waals surface area contributed by atoms with Crippen molar-refractivity contribution in [3.05, 3.63) is 46.8 Å². The van der Waals surface area contributed by atoms with Crippen LogP contribution in [0.25, 0.3) is 10.4 Å². The van der Waals surface area contributed by atoms with E-state index < -0.39 is 17.6 Å². The van der Waals surface area contributed by atoms with Crippen LogP contribution in [-0.4, -0.2) is 17.6 Å². The lowest BCUT2D eigenvalue weighted by molar-refractivity contribution is -0.116. The van der Waals surface area contributed by atoms with E-state index in [1.54, 1.807) is 6.07 Å². The zero-order chi connectivity index (χ0) is 12.7. The summed E-state index contributed by atoms with van der Waals surface area (Å²) in [5, 5.41) is 2.03. The smallest absolute Gasteiger partial charge is 0.285 e. The number of hydrogen-bond acceptors (Lipinski definition) is 4. The summed E-state index contributed by atoms with van der Waals surface area (Å²) < 4.78 is 0. The van der Waals surface area contributed by atoms with E-state index in [0.717, 1.165) is 10.4 Å². The molecule has 1 N–H and O–H groups in total. The van der Waals surface area contributed by atoms with Crippen LogP contribution >= 0.6 is 11.3 Å². The van der Waals surface area contributed by atoms with Gasteiger partial charge in [0, 0.05) is 4.88 Å². The second-order valence-electron chi connectivity index (χ2n) is 3.83.